The molecule has 1 saturated heterocycles. The first-order valence-corrected chi connectivity index (χ1v) is 6.50. The predicted molar refractivity (Wildman–Crippen MR) is 76.6 cm³/mol. The fraction of sp³-hybridized carbons (Fsp3) is 0.538. The van der Waals surface area contributed by atoms with Crippen LogP contribution in [0.15, 0.2) is 25.0 Å². The third kappa shape index (κ3) is 4.18. The van der Waals surface area contributed by atoms with Gasteiger partial charge in [0.05, 0.1) is 12.7 Å². The zero-order chi connectivity index (χ0) is 13.5. The highest BCUT2D eigenvalue weighted by Gasteiger charge is 2.16. The number of morpholine rings is 1. The maximum atomic E-state index is 5.69. The van der Waals surface area contributed by atoms with Crippen LogP contribution in [0.3, 0.4) is 0 Å². The molecule has 0 bridgehead atoms. The van der Waals surface area contributed by atoms with Gasteiger partial charge in [-0.1, -0.05) is 6.08 Å². The summed E-state index contributed by atoms with van der Waals surface area (Å²) in [6.45, 7) is 7.76. The maximum absolute atomic E-state index is 5.69. The number of hydrogen-bond donors (Lipinski definition) is 2. The zero-order valence-corrected chi connectivity index (χ0v) is 11.3. The fourth-order valence-corrected chi connectivity index (χ4v) is 1.97. The Morgan fingerprint density at radius 3 is 3.26 bits per heavy atom. The van der Waals surface area contributed by atoms with E-state index in [0.29, 0.717) is 6.54 Å². The summed E-state index contributed by atoms with van der Waals surface area (Å²) < 4.78 is 5.69. The number of likely N-dealkylation sites (N-methyl/N-ethyl adjacent to an activating group) is 1. The summed E-state index contributed by atoms with van der Waals surface area (Å²) in [5, 5.41) is 6.48. The Morgan fingerprint density at radius 2 is 2.53 bits per heavy atom. The molecule has 0 aromatic carbocycles. The molecule has 1 atom stereocenters. The van der Waals surface area contributed by atoms with E-state index < -0.39 is 0 Å². The minimum Gasteiger partial charge on any atom is -0.374 e. The summed E-state index contributed by atoms with van der Waals surface area (Å²) >= 11 is 0. The Balaban J connectivity index is 1.93. The summed E-state index contributed by atoms with van der Waals surface area (Å²) in [6.07, 6.45) is 3.57. The summed E-state index contributed by atoms with van der Waals surface area (Å²) in [5.74, 6) is 1.69. The summed E-state index contributed by atoms with van der Waals surface area (Å²) in [4.78, 5) is 10.5. The van der Waals surface area contributed by atoms with E-state index in [1.807, 2.05) is 13.1 Å². The Kier molecular flexibility index (Phi) is 5.11. The molecule has 0 amide bonds. The van der Waals surface area contributed by atoms with Gasteiger partial charge in [-0.3, -0.25) is 0 Å². The number of ether oxygens (including phenoxy) is 1. The second-order valence-electron chi connectivity index (χ2n) is 4.51. The molecule has 19 heavy (non-hydrogen) atoms. The highest BCUT2D eigenvalue weighted by atomic mass is 16.5. The molecule has 1 aliphatic heterocycles. The normalized spacial score (nSPS) is 18.9. The quantitative estimate of drug-likeness (QED) is 0.729. The number of nitrogens with zero attached hydrogens (tertiary/aromatic N) is 3. The molecule has 6 nitrogen and oxygen atoms in total. The molecule has 104 valence electrons. The van der Waals surface area contributed by atoms with Crippen molar-refractivity contribution in [2.45, 2.75) is 6.10 Å². The van der Waals surface area contributed by atoms with Gasteiger partial charge in [-0.05, 0) is 0 Å². The molecule has 1 aromatic rings. The first-order valence-electron chi connectivity index (χ1n) is 6.50. The zero-order valence-electron chi connectivity index (χ0n) is 11.3. The number of aromatic nitrogens is 2. The predicted octanol–water partition coefficient (Wildman–Crippen LogP) is 0.499. The molecular weight excluding hydrogens is 242 g/mol. The number of nitrogens with one attached hydrogen (secondary N) is 2. The highest BCUT2D eigenvalue weighted by Crippen LogP contribution is 2.13. The van der Waals surface area contributed by atoms with Gasteiger partial charge in [-0.25, -0.2) is 9.97 Å². The third-order valence-electron chi connectivity index (χ3n) is 2.95. The lowest BCUT2D eigenvalue weighted by atomic mass is 10.3. The van der Waals surface area contributed by atoms with Gasteiger partial charge < -0.3 is 20.3 Å². The van der Waals surface area contributed by atoms with Crippen molar-refractivity contribution in [1.29, 1.82) is 0 Å². The lowest BCUT2D eigenvalue weighted by molar-refractivity contribution is 0.0339. The first kappa shape index (κ1) is 13.8. The van der Waals surface area contributed by atoms with E-state index in [1.165, 1.54) is 0 Å². The molecule has 1 aliphatic rings. The van der Waals surface area contributed by atoms with Crippen molar-refractivity contribution < 1.29 is 4.74 Å². The average Bonchev–Trinajstić information content (AvgIpc) is 2.46. The van der Waals surface area contributed by atoms with Crippen molar-refractivity contribution in [2.24, 2.45) is 0 Å². The van der Waals surface area contributed by atoms with Crippen LogP contribution >= 0.6 is 0 Å². The molecule has 0 spiro atoms. The molecular formula is C13H21N5O. The second-order valence-corrected chi connectivity index (χ2v) is 4.51. The Labute approximate surface area is 113 Å². The van der Waals surface area contributed by atoms with Gasteiger partial charge in [-0.2, -0.15) is 0 Å². The second kappa shape index (κ2) is 7.06. The van der Waals surface area contributed by atoms with Gasteiger partial charge in [0.15, 0.2) is 0 Å². The smallest absolute Gasteiger partial charge is 0.133 e. The van der Waals surface area contributed by atoms with E-state index in [0.717, 1.165) is 37.9 Å². The summed E-state index contributed by atoms with van der Waals surface area (Å²) in [7, 11) is 2.01. The number of anilines is 2. The van der Waals surface area contributed by atoms with Crippen LogP contribution in [-0.4, -0.2) is 55.9 Å². The summed E-state index contributed by atoms with van der Waals surface area (Å²) in [6, 6.07) is 1.93. The van der Waals surface area contributed by atoms with Crippen molar-refractivity contribution >= 4 is 11.6 Å². The Hall–Kier alpha value is -1.66. The summed E-state index contributed by atoms with van der Waals surface area (Å²) in [5.41, 5.74) is 0. The largest absolute Gasteiger partial charge is 0.374 e. The van der Waals surface area contributed by atoms with Crippen LogP contribution in [0.5, 0.6) is 0 Å². The Bertz CT molecular complexity index is 406. The minimum atomic E-state index is 0.207. The van der Waals surface area contributed by atoms with E-state index in [-0.39, 0.29) is 6.10 Å². The van der Waals surface area contributed by atoms with Crippen molar-refractivity contribution in [3.05, 3.63) is 25.0 Å². The Morgan fingerprint density at radius 1 is 1.63 bits per heavy atom. The molecule has 2 N–H and O–H groups in total. The van der Waals surface area contributed by atoms with Crippen LogP contribution in [-0.2, 0) is 4.74 Å². The van der Waals surface area contributed by atoms with E-state index >= 15 is 0 Å². The van der Waals surface area contributed by atoms with Gasteiger partial charge in [0.1, 0.15) is 18.0 Å². The molecule has 2 rings (SSSR count). The third-order valence-corrected chi connectivity index (χ3v) is 2.95. The highest BCUT2D eigenvalue weighted by molar-refractivity contribution is 5.48. The molecule has 0 aliphatic carbocycles. The average molecular weight is 263 g/mol. The van der Waals surface area contributed by atoms with Crippen molar-refractivity contribution in [1.82, 2.24) is 15.3 Å². The SMILES string of the molecule is C=CCNc1cc(N(C)CC2CNCCO2)ncn1. The first-order chi connectivity index (χ1) is 9.29. The molecule has 1 fully saturated rings. The van der Waals surface area contributed by atoms with Gasteiger partial charge in [0.2, 0.25) is 0 Å². The molecule has 2 heterocycles. The monoisotopic (exact) mass is 263 g/mol. The lowest BCUT2D eigenvalue weighted by Crippen LogP contribution is -2.44. The molecule has 1 unspecified atom stereocenters. The van der Waals surface area contributed by atoms with E-state index in [2.05, 4.69) is 32.1 Å². The van der Waals surface area contributed by atoms with Crippen LogP contribution in [0.1, 0.15) is 0 Å². The van der Waals surface area contributed by atoms with Gasteiger partial charge in [0.25, 0.3) is 0 Å². The molecule has 1 aromatic heterocycles. The van der Waals surface area contributed by atoms with Crippen molar-refractivity contribution in [3.63, 3.8) is 0 Å². The van der Waals surface area contributed by atoms with E-state index in [1.54, 1.807) is 12.4 Å². The van der Waals surface area contributed by atoms with Crippen LogP contribution in [0.2, 0.25) is 0 Å². The van der Waals surface area contributed by atoms with Crippen LogP contribution < -0.4 is 15.5 Å². The van der Waals surface area contributed by atoms with E-state index in [4.69, 9.17) is 4.74 Å². The molecule has 0 saturated carbocycles. The van der Waals surface area contributed by atoms with Crippen LogP contribution in [0.4, 0.5) is 11.6 Å². The maximum Gasteiger partial charge on any atom is 0.133 e. The van der Waals surface area contributed by atoms with Crippen molar-refractivity contribution in [3.8, 4) is 0 Å². The van der Waals surface area contributed by atoms with Gasteiger partial charge in [0, 0.05) is 39.3 Å². The lowest BCUT2D eigenvalue weighted by Gasteiger charge is -2.28. The van der Waals surface area contributed by atoms with Crippen LogP contribution in [0, 0.1) is 0 Å². The number of hydrogen-bond acceptors (Lipinski definition) is 6. The fourth-order valence-electron chi connectivity index (χ4n) is 1.97. The van der Waals surface area contributed by atoms with Gasteiger partial charge >= 0.3 is 0 Å². The minimum absolute atomic E-state index is 0.207. The molecule has 0 radical (unpaired) electrons. The van der Waals surface area contributed by atoms with Crippen LogP contribution in [0.25, 0.3) is 0 Å². The van der Waals surface area contributed by atoms with Crippen molar-refractivity contribution in [2.75, 3.05) is 50.1 Å². The van der Waals surface area contributed by atoms with E-state index in [9.17, 15) is 0 Å². The molecule has 6 heteroatoms. The standard InChI is InChI=1S/C13H21N5O/c1-3-4-15-12-7-13(17-10-16-12)18(2)9-11-8-14-5-6-19-11/h3,7,10-11,14H,1,4-6,8-9H2,2H3,(H,15,16,17). The van der Waals surface area contributed by atoms with Gasteiger partial charge in [-0.15, -0.1) is 6.58 Å². The number of rotatable bonds is 6. The topological polar surface area (TPSA) is 62.3 Å².